The highest BCUT2D eigenvalue weighted by molar-refractivity contribution is 5.70. The molecule has 2 heterocycles. The molecule has 0 atom stereocenters. The fraction of sp³-hybridized carbons (Fsp3) is 0.130. The van der Waals surface area contributed by atoms with Crippen molar-refractivity contribution in [1.29, 1.82) is 0 Å². The SMILES string of the molecule is COc1ccc(-c2ncc(-c3cccc(Nc4cc(C)ccn4)c3)o2)c(OC)c1. The highest BCUT2D eigenvalue weighted by Gasteiger charge is 2.14. The molecular formula is C23H21N3O3. The third-order valence-corrected chi connectivity index (χ3v) is 4.48. The number of ether oxygens (including phenoxy) is 2. The number of pyridine rings is 1. The van der Waals surface area contributed by atoms with E-state index in [-0.39, 0.29) is 0 Å². The maximum atomic E-state index is 6.02. The van der Waals surface area contributed by atoms with Gasteiger partial charge in [0.2, 0.25) is 5.89 Å². The number of methoxy groups -OCH3 is 2. The van der Waals surface area contributed by atoms with Gasteiger partial charge in [-0.25, -0.2) is 9.97 Å². The predicted octanol–water partition coefficient (Wildman–Crippen LogP) is 5.47. The van der Waals surface area contributed by atoms with Crippen molar-refractivity contribution in [1.82, 2.24) is 9.97 Å². The summed E-state index contributed by atoms with van der Waals surface area (Å²) in [6, 6.07) is 17.4. The summed E-state index contributed by atoms with van der Waals surface area (Å²) < 4.78 is 16.7. The molecule has 6 heteroatoms. The number of rotatable bonds is 6. The van der Waals surface area contributed by atoms with E-state index in [1.807, 2.05) is 55.5 Å². The lowest BCUT2D eigenvalue weighted by Gasteiger charge is -2.08. The lowest BCUT2D eigenvalue weighted by Crippen LogP contribution is -1.93. The Balaban J connectivity index is 1.62. The molecule has 0 aliphatic rings. The lowest BCUT2D eigenvalue weighted by molar-refractivity contribution is 0.394. The standard InChI is InChI=1S/C23H21N3O3/c1-15-9-10-24-22(11-15)26-17-6-4-5-16(12-17)21-14-25-23(29-21)19-8-7-18(27-2)13-20(19)28-3/h4-14H,1-3H3,(H,24,26). The second kappa shape index (κ2) is 8.06. The molecule has 0 fully saturated rings. The molecule has 2 aromatic heterocycles. The number of nitrogens with zero attached hydrogens (tertiary/aromatic N) is 2. The van der Waals surface area contributed by atoms with Crippen LogP contribution in [0.5, 0.6) is 11.5 Å². The Morgan fingerprint density at radius 1 is 0.931 bits per heavy atom. The van der Waals surface area contributed by atoms with Gasteiger partial charge in [-0.3, -0.25) is 0 Å². The topological polar surface area (TPSA) is 69.4 Å². The summed E-state index contributed by atoms with van der Waals surface area (Å²) >= 11 is 0. The molecule has 1 N–H and O–H groups in total. The minimum absolute atomic E-state index is 0.484. The molecule has 0 unspecified atom stereocenters. The van der Waals surface area contributed by atoms with E-state index < -0.39 is 0 Å². The fourth-order valence-corrected chi connectivity index (χ4v) is 3.01. The molecule has 0 bridgehead atoms. The number of aromatic nitrogens is 2. The van der Waals surface area contributed by atoms with E-state index >= 15 is 0 Å². The molecule has 2 aromatic carbocycles. The van der Waals surface area contributed by atoms with Crippen LogP contribution in [0.2, 0.25) is 0 Å². The smallest absolute Gasteiger partial charge is 0.230 e. The number of hydrogen-bond donors (Lipinski definition) is 1. The number of benzene rings is 2. The molecular weight excluding hydrogens is 366 g/mol. The van der Waals surface area contributed by atoms with Crippen LogP contribution in [0, 0.1) is 6.92 Å². The maximum Gasteiger partial charge on any atom is 0.230 e. The maximum absolute atomic E-state index is 6.02. The van der Waals surface area contributed by atoms with Gasteiger partial charge < -0.3 is 19.2 Å². The molecule has 0 spiro atoms. The van der Waals surface area contributed by atoms with Crippen molar-refractivity contribution in [3.05, 3.63) is 72.6 Å². The molecule has 4 rings (SSSR count). The summed E-state index contributed by atoms with van der Waals surface area (Å²) in [6.07, 6.45) is 3.50. The zero-order valence-electron chi connectivity index (χ0n) is 16.5. The van der Waals surface area contributed by atoms with Crippen molar-refractivity contribution in [3.8, 4) is 34.3 Å². The minimum atomic E-state index is 0.484. The number of anilines is 2. The summed E-state index contributed by atoms with van der Waals surface area (Å²) in [5.74, 6) is 3.29. The van der Waals surface area contributed by atoms with E-state index in [4.69, 9.17) is 13.9 Å². The average Bonchev–Trinajstić information content (AvgIpc) is 3.23. The van der Waals surface area contributed by atoms with Gasteiger partial charge in [0.1, 0.15) is 17.3 Å². The van der Waals surface area contributed by atoms with E-state index in [0.29, 0.717) is 23.1 Å². The van der Waals surface area contributed by atoms with Crippen molar-refractivity contribution in [2.45, 2.75) is 6.92 Å². The van der Waals surface area contributed by atoms with E-state index in [1.165, 1.54) is 0 Å². The molecule has 146 valence electrons. The molecule has 0 radical (unpaired) electrons. The van der Waals surface area contributed by atoms with E-state index in [2.05, 4.69) is 15.3 Å². The summed E-state index contributed by atoms with van der Waals surface area (Å²) in [7, 11) is 3.22. The van der Waals surface area contributed by atoms with Crippen molar-refractivity contribution in [2.24, 2.45) is 0 Å². The Bertz CT molecular complexity index is 1140. The van der Waals surface area contributed by atoms with Crippen LogP contribution >= 0.6 is 0 Å². The monoisotopic (exact) mass is 387 g/mol. The van der Waals surface area contributed by atoms with Crippen molar-refractivity contribution in [2.75, 3.05) is 19.5 Å². The first-order valence-corrected chi connectivity index (χ1v) is 9.14. The van der Waals surface area contributed by atoms with E-state index in [1.54, 1.807) is 32.7 Å². The molecule has 0 amide bonds. The Morgan fingerprint density at radius 2 is 1.83 bits per heavy atom. The number of nitrogens with one attached hydrogen (secondary N) is 1. The van der Waals surface area contributed by atoms with Crippen LogP contribution in [-0.4, -0.2) is 24.2 Å². The zero-order valence-corrected chi connectivity index (χ0v) is 16.5. The Kier molecular flexibility index (Phi) is 5.16. The van der Waals surface area contributed by atoms with Crippen LogP contribution in [0.1, 0.15) is 5.56 Å². The highest BCUT2D eigenvalue weighted by Crippen LogP contribution is 2.35. The first-order valence-electron chi connectivity index (χ1n) is 9.14. The van der Waals surface area contributed by atoms with Gasteiger partial charge in [-0.1, -0.05) is 12.1 Å². The van der Waals surface area contributed by atoms with Gasteiger partial charge in [0.05, 0.1) is 26.0 Å². The third-order valence-electron chi connectivity index (χ3n) is 4.48. The summed E-state index contributed by atoms with van der Waals surface area (Å²) in [6.45, 7) is 2.03. The van der Waals surface area contributed by atoms with Crippen LogP contribution in [0.25, 0.3) is 22.8 Å². The van der Waals surface area contributed by atoms with Gasteiger partial charge in [-0.15, -0.1) is 0 Å². The average molecular weight is 387 g/mol. The first-order chi connectivity index (χ1) is 14.2. The molecule has 29 heavy (non-hydrogen) atoms. The van der Waals surface area contributed by atoms with Crippen LogP contribution < -0.4 is 14.8 Å². The second-order valence-corrected chi connectivity index (χ2v) is 6.52. The minimum Gasteiger partial charge on any atom is -0.497 e. The Hall–Kier alpha value is -3.80. The van der Waals surface area contributed by atoms with Gasteiger partial charge in [0.15, 0.2) is 5.76 Å². The van der Waals surface area contributed by atoms with Crippen LogP contribution in [0.3, 0.4) is 0 Å². The van der Waals surface area contributed by atoms with E-state index in [0.717, 1.165) is 28.2 Å². The molecule has 6 nitrogen and oxygen atoms in total. The Morgan fingerprint density at radius 3 is 2.62 bits per heavy atom. The highest BCUT2D eigenvalue weighted by atomic mass is 16.5. The van der Waals surface area contributed by atoms with Gasteiger partial charge in [-0.05, 0) is 48.9 Å². The number of oxazole rings is 1. The summed E-state index contributed by atoms with van der Waals surface area (Å²) in [5.41, 5.74) is 3.74. The number of hydrogen-bond acceptors (Lipinski definition) is 6. The number of aryl methyl sites for hydroxylation is 1. The molecule has 0 saturated heterocycles. The van der Waals surface area contributed by atoms with Crippen molar-refractivity contribution < 1.29 is 13.9 Å². The van der Waals surface area contributed by atoms with Gasteiger partial charge in [-0.2, -0.15) is 0 Å². The zero-order chi connectivity index (χ0) is 20.2. The fourth-order valence-electron chi connectivity index (χ4n) is 3.01. The second-order valence-electron chi connectivity index (χ2n) is 6.52. The normalized spacial score (nSPS) is 10.6. The molecule has 0 aliphatic carbocycles. The van der Waals surface area contributed by atoms with Crippen molar-refractivity contribution >= 4 is 11.5 Å². The predicted molar refractivity (Wildman–Crippen MR) is 113 cm³/mol. The van der Waals surface area contributed by atoms with Gasteiger partial charge in [0, 0.05) is 23.5 Å². The lowest BCUT2D eigenvalue weighted by atomic mass is 10.1. The Labute approximate surface area is 169 Å². The van der Waals surface area contributed by atoms with E-state index in [9.17, 15) is 0 Å². The van der Waals surface area contributed by atoms with Crippen LogP contribution in [0.4, 0.5) is 11.5 Å². The van der Waals surface area contributed by atoms with Crippen molar-refractivity contribution in [3.63, 3.8) is 0 Å². The molecule has 0 saturated carbocycles. The van der Waals surface area contributed by atoms with Gasteiger partial charge >= 0.3 is 0 Å². The third kappa shape index (κ3) is 4.06. The van der Waals surface area contributed by atoms with Crippen LogP contribution in [-0.2, 0) is 0 Å². The van der Waals surface area contributed by atoms with Crippen LogP contribution in [0.15, 0.2) is 71.4 Å². The largest absolute Gasteiger partial charge is 0.497 e. The molecule has 4 aromatic rings. The first kappa shape index (κ1) is 18.6. The summed E-state index contributed by atoms with van der Waals surface area (Å²) in [5, 5.41) is 3.32. The summed E-state index contributed by atoms with van der Waals surface area (Å²) in [4.78, 5) is 8.78. The van der Waals surface area contributed by atoms with Gasteiger partial charge in [0.25, 0.3) is 0 Å². The molecule has 0 aliphatic heterocycles. The quantitative estimate of drug-likeness (QED) is 0.473.